The van der Waals surface area contributed by atoms with Crippen LogP contribution in [0, 0.1) is 11.8 Å². The molecule has 2 rings (SSSR count). The maximum absolute atomic E-state index is 11.5. The monoisotopic (exact) mass is 297 g/mol. The predicted molar refractivity (Wildman–Crippen MR) is 94.1 cm³/mol. The predicted octanol–water partition coefficient (Wildman–Crippen LogP) is 4.54. The van der Waals surface area contributed by atoms with Crippen molar-refractivity contribution in [3.8, 4) is 0 Å². The quantitative estimate of drug-likeness (QED) is 0.718. The van der Waals surface area contributed by atoms with Crippen molar-refractivity contribution in [3.05, 3.63) is 53.8 Å². The molecular weight excluding hydrogens is 270 g/mol. The molecule has 0 radical (unpaired) electrons. The molecule has 2 heteroatoms. The number of para-hydroxylation sites is 1. The molecule has 2 nitrogen and oxygen atoms in total. The second-order valence-electron chi connectivity index (χ2n) is 6.88. The number of hydrogen-bond acceptors (Lipinski definition) is 2. The number of anilines is 1. The highest BCUT2D eigenvalue weighted by atomic mass is 16.1. The molecule has 1 atom stereocenters. The van der Waals surface area contributed by atoms with E-state index >= 15 is 0 Å². The summed E-state index contributed by atoms with van der Waals surface area (Å²) in [6.45, 7) is 8.95. The molecule has 118 valence electrons. The Kier molecular flexibility index (Phi) is 5.59. The number of aldehydes is 1. The molecule has 0 N–H and O–H groups in total. The SMILES string of the molecule is CC(C)Cc1cccc(CC(C)C)c1N1C=CC=CC1C=O. The first-order valence-electron chi connectivity index (χ1n) is 8.22. The smallest absolute Gasteiger partial charge is 0.146 e. The Labute approximate surface area is 134 Å². The molecule has 1 aromatic carbocycles. The molecule has 0 bridgehead atoms. The summed E-state index contributed by atoms with van der Waals surface area (Å²) >= 11 is 0. The lowest BCUT2D eigenvalue weighted by Gasteiger charge is -2.31. The van der Waals surface area contributed by atoms with Gasteiger partial charge in [-0.25, -0.2) is 0 Å². The first kappa shape index (κ1) is 16.5. The Morgan fingerprint density at radius 2 is 1.64 bits per heavy atom. The average Bonchev–Trinajstić information content (AvgIpc) is 2.46. The van der Waals surface area contributed by atoms with Crippen LogP contribution < -0.4 is 4.90 Å². The minimum absolute atomic E-state index is 0.204. The Morgan fingerprint density at radius 1 is 1.05 bits per heavy atom. The van der Waals surface area contributed by atoms with Crippen molar-refractivity contribution in [2.24, 2.45) is 11.8 Å². The first-order valence-corrected chi connectivity index (χ1v) is 8.22. The molecule has 0 spiro atoms. The van der Waals surface area contributed by atoms with Gasteiger partial charge in [0, 0.05) is 11.9 Å². The van der Waals surface area contributed by atoms with E-state index in [2.05, 4.69) is 50.8 Å². The van der Waals surface area contributed by atoms with Crippen LogP contribution in [0.25, 0.3) is 0 Å². The van der Waals surface area contributed by atoms with Gasteiger partial charge in [-0.2, -0.15) is 0 Å². The van der Waals surface area contributed by atoms with Gasteiger partial charge in [0.25, 0.3) is 0 Å². The van der Waals surface area contributed by atoms with Gasteiger partial charge in [0.2, 0.25) is 0 Å². The Morgan fingerprint density at radius 3 is 2.14 bits per heavy atom. The molecule has 22 heavy (non-hydrogen) atoms. The summed E-state index contributed by atoms with van der Waals surface area (Å²) < 4.78 is 0. The molecule has 1 heterocycles. The highest BCUT2D eigenvalue weighted by Gasteiger charge is 2.22. The topological polar surface area (TPSA) is 20.3 Å². The summed E-state index contributed by atoms with van der Waals surface area (Å²) in [5.74, 6) is 1.18. The third-order valence-corrected chi connectivity index (χ3v) is 3.84. The normalized spacial score (nSPS) is 17.5. The lowest BCUT2D eigenvalue weighted by molar-refractivity contribution is -0.108. The van der Waals surface area contributed by atoms with Gasteiger partial charge in [0.1, 0.15) is 12.3 Å². The largest absolute Gasteiger partial charge is 0.334 e. The van der Waals surface area contributed by atoms with Crippen LogP contribution in [-0.2, 0) is 17.6 Å². The standard InChI is InChI=1S/C20H27NO/c1-15(2)12-17-8-7-9-18(13-16(3)4)20(17)21-11-6-5-10-19(21)14-22/h5-11,14-16,19H,12-13H2,1-4H3. The second-order valence-corrected chi connectivity index (χ2v) is 6.88. The van der Waals surface area contributed by atoms with E-state index in [1.54, 1.807) is 0 Å². The molecule has 1 aliphatic rings. The fourth-order valence-electron chi connectivity index (χ4n) is 3.03. The molecule has 0 aromatic heterocycles. The molecular formula is C20H27NO. The summed E-state index contributed by atoms with van der Waals surface area (Å²) in [6.07, 6.45) is 11.0. The van der Waals surface area contributed by atoms with Crippen molar-refractivity contribution < 1.29 is 4.79 Å². The van der Waals surface area contributed by atoms with Crippen LogP contribution in [0.3, 0.4) is 0 Å². The van der Waals surface area contributed by atoms with Gasteiger partial charge < -0.3 is 9.69 Å². The van der Waals surface area contributed by atoms with Crippen LogP contribution in [0.5, 0.6) is 0 Å². The van der Waals surface area contributed by atoms with Gasteiger partial charge in [-0.3, -0.25) is 0 Å². The fraction of sp³-hybridized carbons (Fsp3) is 0.450. The fourth-order valence-corrected chi connectivity index (χ4v) is 3.03. The summed E-state index contributed by atoms with van der Waals surface area (Å²) in [4.78, 5) is 13.6. The molecule has 0 aliphatic carbocycles. The van der Waals surface area contributed by atoms with Crippen LogP contribution in [0.2, 0.25) is 0 Å². The van der Waals surface area contributed by atoms with Crippen molar-refractivity contribution in [2.45, 2.75) is 46.6 Å². The van der Waals surface area contributed by atoms with Gasteiger partial charge >= 0.3 is 0 Å². The van der Waals surface area contributed by atoms with Gasteiger partial charge in [0.15, 0.2) is 0 Å². The lowest BCUT2D eigenvalue weighted by Crippen LogP contribution is -2.33. The van der Waals surface area contributed by atoms with Crippen molar-refractivity contribution >= 4 is 12.0 Å². The number of nitrogens with zero attached hydrogens (tertiary/aromatic N) is 1. The number of carbonyl (C=O) groups is 1. The van der Waals surface area contributed by atoms with Gasteiger partial charge in [-0.15, -0.1) is 0 Å². The average molecular weight is 297 g/mol. The van der Waals surface area contributed by atoms with Crippen molar-refractivity contribution in [1.29, 1.82) is 0 Å². The van der Waals surface area contributed by atoms with Gasteiger partial charge in [0.05, 0.1) is 0 Å². The number of rotatable bonds is 6. The lowest BCUT2D eigenvalue weighted by atomic mass is 9.93. The molecule has 0 amide bonds. The minimum atomic E-state index is -0.204. The summed E-state index contributed by atoms with van der Waals surface area (Å²) in [5.41, 5.74) is 3.89. The maximum Gasteiger partial charge on any atom is 0.146 e. The molecule has 0 fully saturated rings. The summed E-state index contributed by atoms with van der Waals surface area (Å²) in [6, 6.07) is 6.35. The van der Waals surface area contributed by atoms with E-state index in [9.17, 15) is 4.79 Å². The molecule has 0 saturated carbocycles. The highest BCUT2D eigenvalue weighted by Crippen LogP contribution is 2.32. The van der Waals surface area contributed by atoms with Crippen molar-refractivity contribution in [1.82, 2.24) is 0 Å². The molecule has 1 aliphatic heterocycles. The van der Waals surface area contributed by atoms with E-state index in [4.69, 9.17) is 0 Å². The Hall–Kier alpha value is -1.83. The van der Waals surface area contributed by atoms with E-state index in [0.717, 1.165) is 19.1 Å². The Bertz CT molecular complexity index is 541. The van der Waals surface area contributed by atoms with Crippen molar-refractivity contribution in [3.63, 3.8) is 0 Å². The highest BCUT2D eigenvalue weighted by molar-refractivity contribution is 5.75. The van der Waals surface area contributed by atoms with E-state index in [1.807, 2.05) is 24.4 Å². The zero-order chi connectivity index (χ0) is 16.1. The third-order valence-electron chi connectivity index (χ3n) is 3.84. The second kappa shape index (κ2) is 7.44. The van der Waals surface area contributed by atoms with E-state index in [1.165, 1.54) is 16.8 Å². The Balaban J connectivity index is 2.50. The van der Waals surface area contributed by atoms with E-state index in [-0.39, 0.29) is 6.04 Å². The minimum Gasteiger partial charge on any atom is -0.334 e. The van der Waals surface area contributed by atoms with Crippen molar-refractivity contribution in [2.75, 3.05) is 4.90 Å². The molecule has 1 aromatic rings. The van der Waals surface area contributed by atoms with E-state index in [0.29, 0.717) is 11.8 Å². The zero-order valence-electron chi connectivity index (χ0n) is 14.1. The molecule has 1 unspecified atom stereocenters. The summed E-state index contributed by atoms with van der Waals surface area (Å²) in [7, 11) is 0. The van der Waals surface area contributed by atoms with Gasteiger partial charge in [-0.05, 0) is 41.9 Å². The zero-order valence-corrected chi connectivity index (χ0v) is 14.1. The van der Waals surface area contributed by atoms with Crippen LogP contribution in [0.1, 0.15) is 38.8 Å². The van der Waals surface area contributed by atoms with Crippen LogP contribution in [0.15, 0.2) is 42.6 Å². The number of benzene rings is 1. The van der Waals surface area contributed by atoms with Gasteiger partial charge in [-0.1, -0.05) is 58.0 Å². The van der Waals surface area contributed by atoms with Crippen LogP contribution >= 0.6 is 0 Å². The van der Waals surface area contributed by atoms with E-state index < -0.39 is 0 Å². The summed E-state index contributed by atoms with van der Waals surface area (Å²) in [5, 5.41) is 0. The van der Waals surface area contributed by atoms with Crippen LogP contribution in [0.4, 0.5) is 5.69 Å². The molecule has 0 saturated heterocycles. The number of hydrogen-bond donors (Lipinski definition) is 0. The third kappa shape index (κ3) is 3.88. The number of allylic oxidation sites excluding steroid dienone is 2. The first-order chi connectivity index (χ1) is 10.5. The maximum atomic E-state index is 11.5. The van der Waals surface area contributed by atoms with Crippen LogP contribution in [-0.4, -0.2) is 12.3 Å². The number of carbonyl (C=O) groups excluding carboxylic acids is 1.